The van der Waals surface area contributed by atoms with E-state index in [1.807, 2.05) is 63.2 Å². The van der Waals surface area contributed by atoms with Crippen LogP contribution in [0.25, 0.3) is 0 Å². The number of hydrogen-bond donors (Lipinski definition) is 2. The van der Waals surface area contributed by atoms with Crippen molar-refractivity contribution in [3.05, 3.63) is 64.7 Å². The Balaban J connectivity index is 1.89. The van der Waals surface area contributed by atoms with Crippen LogP contribution < -0.4 is 10.6 Å². The van der Waals surface area contributed by atoms with Crippen LogP contribution in [0.2, 0.25) is 0 Å². The van der Waals surface area contributed by atoms with E-state index in [2.05, 4.69) is 10.6 Å². The molecule has 0 aromatic heterocycles. The molecule has 3 rings (SSSR count). The average Bonchev–Trinajstić information content (AvgIpc) is 3.57. The minimum atomic E-state index is -0.820. The second-order valence-electron chi connectivity index (χ2n) is 9.94. The highest BCUT2D eigenvalue weighted by molar-refractivity contribution is 5.99. The molecule has 1 unspecified atom stereocenters. The third kappa shape index (κ3) is 6.59. The van der Waals surface area contributed by atoms with E-state index in [4.69, 9.17) is 4.74 Å². The Morgan fingerprint density at radius 2 is 1.68 bits per heavy atom. The van der Waals surface area contributed by atoms with Crippen molar-refractivity contribution in [2.75, 3.05) is 11.9 Å². The molecule has 0 aliphatic heterocycles. The first-order valence-corrected chi connectivity index (χ1v) is 11.7. The van der Waals surface area contributed by atoms with Gasteiger partial charge in [-0.15, -0.1) is 0 Å². The van der Waals surface area contributed by atoms with Gasteiger partial charge in [-0.2, -0.15) is 0 Å². The van der Waals surface area contributed by atoms with E-state index >= 15 is 0 Å². The first-order chi connectivity index (χ1) is 16.0. The molecule has 2 aromatic carbocycles. The van der Waals surface area contributed by atoms with Crippen molar-refractivity contribution in [3.63, 3.8) is 0 Å². The molecule has 0 bridgehead atoms. The molecule has 1 aliphatic carbocycles. The minimum Gasteiger partial charge on any atom is -0.444 e. The zero-order chi connectivity index (χ0) is 25.0. The van der Waals surface area contributed by atoms with E-state index in [-0.39, 0.29) is 24.4 Å². The van der Waals surface area contributed by atoms with Crippen molar-refractivity contribution < 1.29 is 19.1 Å². The van der Waals surface area contributed by atoms with Crippen LogP contribution >= 0.6 is 0 Å². The van der Waals surface area contributed by atoms with Gasteiger partial charge in [0, 0.05) is 11.7 Å². The summed E-state index contributed by atoms with van der Waals surface area (Å²) in [4.78, 5) is 40.8. The predicted octanol–water partition coefficient (Wildman–Crippen LogP) is 4.81. The third-order valence-corrected chi connectivity index (χ3v) is 5.79. The number of alkyl carbamates (subject to hydrolysis) is 1. The summed E-state index contributed by atoms with van der Waals surface area (Å²) in [6.45, 7) is 11.0. The maximum Gasteiger partial charge on any atom is 0.408 e. The molecule has 0 radical (unpaired) electrons. The van der Waals surface area contributed by atoms with Crippen molar-refractivity contribution in [2.24, 2.45) is 0 Å². The zero-order valence-electron chi connectivity index (χ0n) is 20.9. The van der Waals surface area contributed by atoms with Gasteiger partial charge in [-0.3, -0.25) is 9.59 Å². The Labute approximate surface area is 201 Å². The number of ether oxygens (including phenoxy) is 1. The smallest absolute Gasteiger partial charge is 0.408 e. The lowest BCUT2D eigenvalue weighted by molar-refractivity contribution is -0.138. The van der Waals surface area contributed by atoms with E-state index in [9.17, 15) is 14.4 Å². The summed E-state index contributed by atoms with van der Waals surface area (Å²) in [5, 5.41) is 5.55. The number of hydrogen-bond acceptors (Lipinski definition) is 4. The van der Waals surface area contributed by atoms with Crippen LogP contribution in [0.4, 0.5) is 10.5 Å². The van der Waals surface area contributed by atoms with E-state index in [0.717, 1.165) is 35.1 Å². The number of rotatable bonds is 7. The average molecular weight is 466 g/mol. The molecular weight excluding hydrogens is 430 g/mol. The Hall–Kier alpha value is -3.35. The lowest BCUT2D eigenvalue weighted by atomic mass is 9.98. The predicted molar refractivity (Wildman–Crippen MR) is 133 cm³/mol. The van der Waals surface area contributed by atoms with E-state index in [1.54, 1.807) is 25.7 Å². The second-order valence-corrected chi connectivity index (χ2v) is 9.94. The highest BCUT2D eigenvalue weighted by Gasteiger charge is 2.41. The van der Waals surface area contributed by atoms with Crippen LogP contribution in [0.3, 0.4) is 0 Å². The lowest BCUT2D eigenvalue weighted by Gasteiger charge is -2.32. The number of aryl methyl sites for hydroxylation is 3. The molecule has 7 nitrogen and oxygen atoms in total. The van der Waals surface area contributed by atoms with Gasteiger partial charge in [0.2, 0.25) is 5.91 Å². The van der Waals surface area contributed by atoms with E-state index < -0.39 is 17.7 Å². The summed E-state index contributed by atoms with van der Waals surface area (Å²) in [6.07, 6.45) is 0.970. The first kappa shape index (κ1) is 25.3. The van der Waals surface area contributed by atoms with Gasteiger partial charge in [0.15, 0.2) is 0 Å². The van der Waals surface area contributed by atoms with Crippen molar-refractivity contribution in [2.45, 2.75) is 72.1 Å². The summed E-state index contributed by atoms with van der Waals surface area (Å²) >= 11 is 0. The van der Waals surface area contributed by atoms with Gasteiger partial charge in [-0.05, 0) is 82.7 Å². The standard InChI is InChI=1S/C27H35N3O4/c1-17-11-12-20(15-19(17)3)24(25(32)29-22-10-8-7-9-18(22)2)30(21-13-14-21)23(31)16-28-26(33)34-27(4,5)6/h7-12,15,21,24H,13-14,16H2,1-6H3,(H,28,33)(H,29,32). The van der Waals surface area contributed by atoms with Crippen molar-refractivity contribution in [1.29, 1.82) is 0 Å². The molecule has 182 valence electrons. The van der Waals surface area contributed by atoms with Crippen LogP contribution in [0.1, 0.15) is 61.9 Å². The Morgan fingerprint density at radius 1 is 1.00 bits per heavy atom. The van der Waals surface area contributed by atoms with E-state index in [1.165, 1.54) is 0 Å². The zero-order valence-corrected chi connectivity index (χ0v) is 20.9. The molecule has 7 heteroatoms. The summed E-state index contributed by atoms with van der Waals surface area (Å²) < 4.78 is 5.26. The number of nitrogens with one attached hydrogen (secondary N) is 2. The van der Waals surface area contributed by atoms with Crippen molar-refractivity contribution >= 4 is 23.6 Å². The molecule has 0 spiro atoms. The number of para-hydroxylation sites is 1. The van der Waals surface area contributed by atoms with Gasteiger partial charge in [-0.1, -0.05) is 36.4 Å². The second kappa shape index (κ2) is 10.3. The summed E-state index contributed by atoms with van der Waals surface area (Å²) in [6, 6.07) is 12.5. The molecule has 1 saturated carbocycles. The molecular formula is C27H35N3O4. The number of anilines is 1. The lowest BCUT2D eigenvalue weighted by Crippen LogP contribution is -2.47. The fourth-order valence-electron chi connectivity index (χ4n) is 3.75. The SMILES string of the molecule is Cc1ccc(C(C(=O)Nc2ccccc2C)N(C(=O)CNC(=O)OC(C)(C)C)C2CC2)cc1C. The highest BCUT2D eigenvalue weighted by atomic mass is 16.6. The van der Waals surface area contributed by atoms with Crippen molar-refractivity contribution in [1.82, 2.24) is 10.2 Å². The highest BCUT2D eigenvalue weighted by Crippen LogP contribution is 2.36. The normalized spacial score (nSPS) is 14.2. The number of carbonyl (C=O) groups excluding carboxylic acids is 3. The minimum absolute atomic E-state index is 0.0535. The molecule has 0 saturated heterocycles. The molecule has 1 aliphatic rings. The van der Waals surface area contributed by atoms with Gasteiger partial charge < -0.3 is 20.3 Å². The topological polar surface area (TPSA) is 87.7 Å². The van der Waals surface area contributed by atoms with Gasteiger partial charge in [0.25, 0.3) is 5.91 Å². The fourth-order valence-corrected chi connectivity index (χ4v) is 3.75. The van der Waals surface area contributed by atoms with Crippen LogP contribution in [0.5, 0.6) is 0 Å². The number of carbonyl (C=O) groups is 3. The number of amides is 3. The molecule has 1 fully saturated rings. The third-order valence-electron chi connectivity index (χ3n) is 5.79. The maximum atomic E-state index is 13.6. The Morgan fingerprint density at radius 3 is 2.26 bits per heavy atom. The summed E-state index contributed by atoms with van der Waals surface area (Å²) in [5.74, 6) is -0.605. The largest absolute Gasteiger partial charge is 0.444 e. The first-order valence-electron chi connectivity index (χ1n) is 11.7. The van der Waals surface area contributed by atoms with Crippen molar-refractivity contribution in [3.8, 4) is 0 Å². The fraction of sp³-hybridized carbons (Fsp3) is 0.444. The molecule has 2 aromatic rings. The van der Waals surface area contributed by atoms with Gasteiger partial charge >= 0.3 is 6.09 Å². The van der Waals surface area contributed by atoms with Gasteiger partial charge in [-0.25, -0.2) is 4.79 Å². The molecule has 0 heterocycles. The van der Waals surface area contributed by atoms with Crippen LogP contribution in [0.15, 0.2) is 42.5 Å². The summed E-state index contributed by atoms with van der Waals surface area (Å²) in [5.41, 5.74) is 3.87. The monoisotopic (exact) mass is 465 g/mol. The Bertz CT molecular complexity index is 1070. The number of nitrogens with zero attached hydrogens (tertiary/aromatic N) is 1. The molecule has 2 N–H and O–H groups in total. The van der Waals surface area contributed by atoms with Crippen LogP contribution in [-0.2, 0) is 14.3 Å². The van der Waals surface area contributed by atoms with Crippen LogP contribution in [-0.4, -0.2) is 41.0 Å². The van der Waals surface area contributed by atoms with E-state index in [0.29, 0.717) is 5.69 Å². The van der Waals surface area contributed by atoms with Gasteiger partial charge in [0.05, 0.1) is 0 Å². The quantitative estimate of drug-likeness (QED) is 0.614. The molecule has 3 amide bonds. The Kier molecular flexibility index (Phi) is 7.64. The number of benzene rings is 2. The van der Waals surface area contributed by atoms with Gasteiger partial charge in [0.1, 0.15) is 18.2 Å². The molecule has 34 heavy (non-hydrogen) atoms. The maximum absolute atomic E-state index is 13.6. The van der Waals surface area contributed by atoms with Crippen LogP contribution in [0, 0.1) is 20.8 Å². The molecule has 1 atom stereocenters. The summed E-state index contributed by atoms with van der Waals surface area (Å²) in [7, 11) is 0.